The summed E-state index contributed by atoms with van der Waals surface area (Å²) in [5, 5.41) is 2.93. The van der Waals surface area contributed by atoms with Crippen LogP contribution in [0.4, 0.5) is 0 Å². The van der Waals surface area contributed by atoms with E-state index in [1.54, 1.807) is 12.0 Å². The summed E-state index contributed by atoms with van der Waals surface area (Å²) in [4.78, 5) is 14.9. The molecule has 22 heavy (non-hydrogen) atoms. The maximum atomic E-state index is 11.9. The Morgan fingerprint density at radius 2 is 1.86 bits per heavy atom. The maximum Gasteiger partial charge on any atom is 0.278 e. The first-order valence-electron chi connectivity index (χ1n) is 8.22. The number of hydrogen-bond donors (Lipinski definition) is 3. The SMILES string of the molecule is CCNC(=O)[C@H](C)[NH+]1CC[NH+](Cc2ccc(OC)cc2)CC1. The standard InChI is InChI=1S/C17H27N3O2/c1-4-18-17(21)14(2)20-11-9-19(10-12-20)13-15-5-7-16(22-3)8-6-15/h5-8,14H,4,9-13H2,1-3H3,(H,18,21)/p+2/t14-/m0/s1. The third-order valence-electron chi connectivity index (χ3n) is 4.57. The van der Waals surface area contributed by atoms with Crippen LogP contribution < -0.4 is 19.9 Å². The number of likely N-dealkylation sites (N-methyl/N-ethyl adjacent to an activating group) is 1. The molecule has 5 nitrogen and oxygen atoms in total. The van der Waals surface area contributed by atoms with Crippen LogP contribution >= 0.6 is 0 Å². The second-order valence-corrected chi connectivity index (χ2v) is 6.05. The van der Waals surface area contributed by atoms with Crippen molar-refractivity contribution >= 4 is 5.91 Å². The Labute approximate surface area is 133 Å². The molecule has 1 aliphatic rings. The van der Waals surface area contributed by atoms with Crippen molar-refractivity contribution in [2.45, 2.75) is 26.4 Å². The predicted octanol–water partition coefficient (Wildman–Crippen LogP) is -1.50. The lowest BCUT2D eigenvalue weighted by Crippen LogP contribution is -3.29. The number of piperazine rings is 1. The van der Waals surface area contributed by atoms with Crippen molar-refractivity contribution < 1.29 is 19.3 Å². The fourth-order valence-electron chi connectivity index (χ4n) is 3.08. The third kappa shape index (κ3) is 4.45. The number of methoxy groups -OCH3 is 1. The van der Waals surface area contributed by atoms with Crippen molar-refractivity contribution in [1.29, 1.82) is 0 Å². The summed E-state index contributed by atoms with van der Waals surface area (Å²) in [6.07, 6.45) is 0. The van der Waals surface area contributed by atoms with Crippen molar-refractivity contribution in [2.75, 3.05) is 39.8 Å². The van der Waals surface area contributed by atoms with Crippen LogP contribution in [0.25, 0.3) is 0 Å². The van der Waals surface area contributed by atoms with Gasteiger partial charge in [-0.05, 0) is 38.1 Å². The van der Waals surface area contributed by atoms with E-state index in [-0.39, 0.29) is 11.9 Å². The van der Waals surface area contributed by atoms with Crippen LogP contribution in [0.15, 0.2) is 24.3 Å². The molecule has 5 heteroatoms. The zero-order valence-corrected chi connectivity index (χ0v) is 13.9. The Bertz CT molecular complexity index is 467. The van der Waals surface area contributed by atoms with Crippen LogP contribution in [-0.2, 0) is 11.3 Å². The number of quaternary nitrogens is 2. The topological polar surface area (TPSA) is 47.2 Å². The van der Waals surface area contributed by atoms with Crippen molar-refractivity contribution in [1.82, 2.24) is 5.32 Å². The van der Waals surface area contributed by atoms with Crippen LogP contribution in [0.5, 0.6) is 5.75 Å². The number of amides is 1. The molecular formula is C17H29N3O2+2. The average Bonchev–Trinajstić information content (AvgIpc) is 2.56. The lowest BCUT2D eigenvalue weighted by atomic mass is 10.1. The molecule has 3 N–H and O–H groups in total. The lowest BCUT2D eigenvalue weighted by Gasteiger charge is -2.32. The van der Waals surface area contributed by atoms with Gasteiger partial charge in [0.1, 0.15) is 38.5 Å². The zero-order valence-electron chi connectivity index (χ0n) is 13.9. The van der Waals surface area contributed by atoms with Crippen LogP contribution in [0.1, 0.15) is 19.4 Å². The van der Waals surface area contributed by atoms with E-state index in [4.69, 9.17) is 4.74 Å². The van der Waals surface area contributed by atoms with Gasteiger partial charge in [0.2, 0.25) is 0 Å². The molecule has 1 fully saturated rings. The van der Waals surface area contributed by atoms with Crippen LogP contribution in [0.3, 0.4) is 0 Å². The molecule has 1 aliphatic heterocycles. The fourth-order valence-corrected chi connectivity index (χ4v) is 3.08. The molecule has 2 rings (SSSR count). The number of nitrogens with one attached hydrogen (secondary N) is 3. The summed E-state index contributed by atoms with van der Waals surface area (Å²) in [6.45, 7) is 10.1. The van der Waals surface area contributed by atoms with Gasteiger partial charge in [0.05, 0.1) is 7.11 Å². The molecule has 1 aromatic rings. The molecule has 1 saturated heterocycles. The quantitative estimate of drug-likeness (QED) is 0.599. The highest BCUT2D eigenvalue weighted by atomic mass is 16.5. The second kappa shape index (κ2) is 8.15. The zero-order chi connectivity index (χ0) is 15.9. The maximum absolute atomic E-state index is 11.9. The lowest BCUT2D eigenvalue weighted by molar-refractivity contribution is -1.02. The van der Waals surface area contributed by atoms with E-state index in [9.17, 15) is 4.79 Å². The van der Waals surface area contributed by atoms with Gasteiger partial charge in [-0.2, -0.15) is 0 Å². The van der Waals surface area contributed by atoms with E-state index >= 15 is 0 Å². The summed E-state index contributed by atoms with van der Waals surface area (Å²) < 4.78 is 5.19. The van der Waals surface area contributed by atoms with Gasteiger partial charge in [0, 0.05) is 12.1 Å². The second-order valence-electron chi connectivity index (χ2n) is 6.05. The first-order valence-corrected chi connectivity index (χ1v) is 8.22. The Morgan fingerprint density at radius 3 is 2.41 bits per heavy atom. The van der Waals surface area contributed by atoms with Gasteiger partial charge in [0.25, 0.3) is 5.91 Å². The molecule has 0 saturated carbocycles. The molecule has 122 valence electrons. The number of carbonyl (C=O) groups is 1. The minimum atomic E-state index is 0.0579. The van der Waals surface area contributed by atoms with Gasteiger partial charge < -0.3 is 19.9 Å². The molecule has 0 bridgehead atoms. The van der Waals surface area contributed by atoms with Gasteiger partial charge in [-0.3, -0.25) is 4.79 Å². The Balaban J connectivity index is 1.80. The van der Waals surface area contributed by atoms with E-state index in [0.29, 0.717) is 6.54 Å². The summed E-state index contributed by atoms with van der Waals surface area (Å²) in [5.41, 5.74) is 1.34. The summed E-state index contributed by atoms with van der Waals surface area (Å²) in [7, 11) is 1.69. The Kier molecular flexibility index (Phi) is 6.21. The molecule has 0 aliphatic carbocycles. The van der Waals surface area contributed by atoms with Gasteiger partial charge in [0.15, 0.2) is 6.04 Å². The third-order valence-corrected chi connectivity index (χ3v) is 4.57. The molecule has 0 radical (unpaired) electrons. The van der Waals surface area contributed by atoms with E-state index in [0.717, 1.165) is 38.5 Å². The number of ether oxygens (including phenoxy) is 1. The highest BCUT2D eigenvalue weighted by Crippen LogP contribution is 2.10. The molecule has 1 atom stereocenters. The van der Waals surface area contributed by atoms with Gasteiger partial charge in [-0.25, -0.2) is 0 Å². The Morgan fingerprint density at radius 1 is 1.23 bits per heavy atom. The smallest absolute Gasteiger partial charge is 0.278 e. The average molecular weight is 307 g/mol. The summed E-state index contributed by atoms with van der Waals surface area (Å²) in [5.74, 6) is 1.08. The fraction of sp³-hybridized carbons (Fsp3) is 0.588. The molecule has 0 unspecified atom stereocenters. The monoisotopic (exact) mass is 307 g/mol. The predicted molar refractivity (Wildman–Crippen MR) is 86.2 cm³/mol. The van der Waals surface area contributed by atoms with Crippen molar-refractivity contribution in [3.8, 4) is 5.75 Å². The number of carbonyl (C=O) groups excluding carboxylic acids is 1. The van der Waals surface area contributed by atoms with E-state index in [2.05, 4.69) is 17.4 Å². The minimum Gasteiger partial charge on any atom is -0.497 e. The summed E-state index contributed by atoms with van der Waals surface area (Å²) in [6, 6.07) is 8.38. The molecule has 1 aromatic carbocycles. The van der Waals surface area contributed by atoms with E-state index in [1.807, 2.05) is 26.0 Å². The first kappa shape index (κ1) is 16.8. The van der Waals surface area contributed by atoms with Crippen molar-refractivity contribution in [3.05, 3.63) is 29.8 Å². The van der Waals surface area contributed by atoms with Gasteiger partial charge in [-0.1, -0.05) is 0 Å². The van der Waals surface area contributed by atoms with E-state index in [1.165, 1.54) is 10.5 Å². The van der Waals surface area contributed by atoms with Gasteiger partial charge in [-0.15, -0.1) is 0 Å². The van der Waals surface area contributed by atoms with Gasteiger partial charge >= 0.3 is 0 Å². The largest absolute Gasteiger partial charge is 0.497 e. The molecule has 0 spiro atoms. The molecule has 1 amide bonds. The number of rotatable bonds is 6. The molecule has 1 heterocycles. The molecule has 0 aromatic heterocycles. The molecular weight excluding hydrogens is 278 g/mol. The highest BCUT2D eigenvalue weighted by molar-refractivity contribution is 5.79. The van der Waals surface area contributed by atoms with Crippen LogP contribution in [-0.4, -0.2) is 51.8 Å². The van der Waals surface area contributed by atoms with E-state index < -0.39 is 0 Å². The first-order chi connectivity index (χ1) is 10.6. The highest BCUT2D eigenvalue weighted by Gasteiger charge is 2.30. The number of benzene rings is 1. The summed E-state index contributed by atoms with van der Waals surface area (Å²) >= 11 is 0. The number of hydrogen-bond acceptors (Lipinski definition) is 2. The van der Waals surface area contributed by atoms with Crippen molar-refractivity contribution in [3.63, 3.8) is 0 Å². The van der Waals surface area contributed by atoms with Crippen LogP contribution in [0, 0.1) is 0 Å². The van der Waals surface area contributed by atoms with Crippen LogP contribution in [0.2, 0.25) is 0 Å². The normalized spacial score (nSPS) is 22.9. The Hall–Kier alpha value is -1.59. The van der Waals surface area contributed by atoms with Crippen molar-refractivity contribution in [2.24, 2.45) is 0 Å². The minimum absolute atomic E-state index is 0.0579.